The van der Waals surface area contributed by atoms with Gasteiger partial charge in [0.25, 0.3) is 0 Å². The molecule has 0 amide bonds. The maximum atomic E-state index is 6.60. The maximum absolute atomic E-state index is 6.60. The van der Waals surface area contributed by atoms with Crippen molar-refractivity contribution in [2.24, 2.45) is 0 Å². The third-order valence-corrected chi connectivity index (χ3v) is 8.21. The molecule has 0 unspecified atom stereocenters. The Balaban J connectivity index is 2.07. The third kappa shape index (κ3) is 4.14. The highest BCUT2D eigenvalue weighted by Gasteiger charge is 2.18. The van der Waals surface area contributed by atoms with Crippen LogP contribution in [-0.2, 0) is 0 Å². The van der Waals surface area contributed by atoms with Gasteiger partial charge in [-0.2, -0.15) is 0 Å². The Morgan fingerprint density at radius 2 is 1.10 bits per heavy atom. The zero-order chi connectivity index (χ0) is 22.3. The second-order valence-corrected chi connectivity index (χ2v) is 10.0. The lowest BCUT2D eigenvalue weighted by atomic mass is 9.88. The third-order valence-electron chi connectivity index (χ3n) is 6.20. The van der Waals surface area contributed by atoms with Crippen molar-refractivity contribution < 1.29 is 0 Å². The maximum Gasteiger partial charge on any atom is 0.0484 e. The van der Waals surface area contributed by atoms with E-state index in [0.29, 0.717) is 0 Å². The second kappa shape index (κ2) is 8.94. The largest absolute Gasteiger partial charge is 0.0837 e. The van der Waals surface area contributed by atoms with E-state index in [1.165, 1.54) is 33.4 Å². The number of hydrogen-bond donors (Lipinski definition) is 0. The average molecular weight is 555 g/mol. The van der Waals surface area contributed by atoms with Crippen molar-refractivity contribution >= 4 is 43.5 Å². The van der Waals surface area contributed by atoms with Gasteiger partial charge in [-0.15, -0.1) is 0 Å². The fraction of sp³-hybridized carbons (Fsp3) is 0.143. The van der Waals surface area contributed by atoms with E-state index in [-0.39, 0.29) is 0 Å². The van der Waals surface area contributed by atoms with E-state index in [0.717, 1.165) is 36.2 Å². The molecule has 0 aromatic heterocycles. The molecule has 0 N–H and O–H groups in total. The highest BCUT2D eigenvalue weighted by atomic mass is 79.9. The fourth-order valence-electron chi connectivity index (χ4n) is 4.08. The van der Waals surface area contributed by atoms with Crippen molar-refractivity contribution in [2.45, 2.75) is 27.7 Å². The van der Waals surface area contributed by atoms with E-state index >= 15 is 0 Å². The molecule has 0 bridgehead atoms. The molecular weight excluding hydrogens is 532 g/mol. The summed E-state index contributed by atoms with van der Waals surface area (Å²) in [6.07, 6.45) is 0. The Morgan fingerprint density at radius 3 is 1.74 bits per heavy atom. The summed E-state index contributed by atoms with van der Waals surface area (Å²) < 4.78 is 2.23. The monoisotopic (exact) mass is 552 g/mol. The van der Waals surface area contributed by atoms with Crippen molar-refractivity contribution in [3.63, 3.8) is 0 Å². The van der Waals surface area contributed by atoms with E-state index in [4.69, 9.17) is 11.6 Å². The summed E-state index contributed by atoms with van der Waals surface area (Å²) in [5.41, 5.74) is 12.1. The van der Waals surface area contributed by atoms with Crippen LogP contribution in [-0.4, -0.2) is 0 Å². The van der Waals surface area contributed by atoms with Crippen molar-refractivity contribution in [2.75, 3.05) is 0 Å². The van der Waals surface area contributed by atoms with Crippen LogP contribution in [0.2, 0.25) is 5.02 Å². The fourth-order valence-corrected chi connectivity index (χ4v) is 5.67. The molecule has 0 nitrogen and oxygen atoms in total. The van der Waals surface area contributed by atoms with Crippen LogP contribution in [0.25, 0.3) is 33.4 Å². The minimum atomic E-state index is 0.754. The van der Waals surface area contributed by atoms with E-state index in [1.54, 1.807) is 0 Å². The predicted octanol–water partition coefficient (Wildman–Crippen LogP) is 10.1. The molecule has 0 aliphatic rings. The zero-order valence-corrected chi connectivity index (χ0v) is 21.9. The predicted molar refractivity (Wildman–Crippen MR) is 142 cm³/mol. The van der Waals surface area contributed by atoms with Gasteiger partial charge in [-0.1, -0.05) is 63.9 Å². The van der Waals surface area contributed by atoms with Gasteiger partial charge in [-0.3, -0.25) is 0 Å². The Bertz CT molecular complexity index is 1210. The van der Waals surface area contributed by atoms with Crippen molar-refractivity contribution in [3.05, 3.63) is 103 Å². The summed E-state index contributed by atoms with van der Waals surface area (Å²) in [7, 11) is 0. The smallest absolute Gasteiger partial charge is 0.0484 e. The van der Waals surface area contributed by atoms with E-state index < -0.39 is 0 Å². The van der Waals surface area contributed by atoms with Gasteiger partial charge < -0.3 is 0 Å². The van der Waals surface area contributed by atoms with Crippen molar-refractivity contribution in [3.8, 4) is 33.4 Å². The molecule has 156 valence electrons. The zero-order valence-electron chi connectivity index (χ0n) is 18.0. The topological polar surface area (TPSA) is 0 Å². The second-order valence-electron chi connectivity index (χ2n) is 7.95. The summed E-state index contributed by atoms with van der Waals surface area (Å²) in [5.74, 6) is 0. The lowest BCUT2D eigenvalue weighted by molar-refractivity contribution is 1.20. The van der Waals surface area contributed by atoms with Crippen molar-refractivity contribution in [1.29, 1.82) is 0 Å². The molecule has 0 radical (unpaired) electrons. The number of hydrogen-bond acceptors (Lipinski definition) is 0. The summed E-state index contributed by atoms with van der Waals surface area (Å²) in [6, 6.07) is 23.1. The SMILES string of the molecule is Cc1c(C)c(C)c(-c2cc(-c3ccccc3Cl)cc(-c3ccccc3Br)c2)c(Br)c1C. The lowest BCUT2D eigenvalue weighted by Gasteiger charge is -2.20. The van der Waals surface area contributed by atoms with Crippen LogP contribution in [0.1, 0.15) is 22.3 Å². The first-order valence-corrected chi connectivity index (χ1v) is 12.2. The number of rotatable bonds is 3. The first kappa shape index (κ1) is 22.3. The van der Waals surface area contributed by atoms with Crippen LogP contribution < -0.4 is 0 Å². The summed E-state index contributed by atoms with van der Waals surface area (Å²) >= 11 is 14.2. The van der Waals surface area contributed by atoms with E-state index in [2.05, 4.69) is 102 Å². The van der Waals surface area contributed by atoms with Crippen LogP contribution >= 0.6 is 43.5 Å². The molecule has 4 aromatic carbocycles. The Labute approximate surface area is 206 Å². The van der Waals surface area contributed by atoms with Gasteiger partial charge in [0.1, 0.15) is 0 Å². The molecule has 0 atom stereocenters. The van der Waals surface area contributed by atoms with Crippen LogP contribution in [0, 0.1) is 27.7 Å². The van der Waals surface area contributed by atoms with Crippen LogP contribution in [0.3, 0.4) is 0 Å². The minimum absolute atomic E-state index is 0.754. The standard InChI is InChI=1S/C28H23Br2Cl/c1-16-17(2)19(4)28(30)27(18(16)3)22-14-20(23-9-5-7-11-25(23)29)13-21(15-22)24-10-6-8-12-26(24)31/h5-15H,1-4H3. The number of benzene rings is 4. The van der Waals surface area contributed by atoms with Gasteiger partial charge in [0.2, 0.25) is 0 Å². The summed E-state index contributed by atoms with van der Waals surface area (Å²) in [4.78, 5) is 0. The highest BCUT2D eigenvalue weighted by molar-refractivity contribution is 9.11. The Morgan fingerprint density at radius 1 is 0.581 bits per heavy atom. The summed E-state index contributed by atoms with van der Waals surface area (Å²) in [6.45, 7) is 8.79. The van der Waals surface area contributed by atoms with Gasteiger partial charge >= 0.3 is 0 Å². The van der Waals surface area contributed by atoms with Gasteiger partial charge in [0.05, 0.1) is 0 Å². The van der Waals surface area contributed by atoms with E-state index in [9.17, 15) is 0 Å². The number of halogens is 3. The van der Waals surface area contributed by atoms with Crippen LogP contribution in [0.15, 0.2) is 75.7 Å². The molecule has 4 aromatic rings. The Kier molecular flexibility index (Phi) is 6.44. The highest BCUT2D eigenvalue weighted by Crippen LogP contribution is 2.42. The molecule has 31 heavy (non-hydrogen) atoms. The van der Waals surface area contributed by atoms with Gasteiger partial charge in [0, 0.05) is 19.5 Å². The van der Waals surface area contributed by atoms with Crippen LogP contribution in [0.4, 0.5) is 0 Å². The lowest BCUT2D eigenvalue weighted by Crippen LogP contribution is -1.98. The van der Waals surface area contributed by atoms with Gasteiger partial charge in [0.15, 0.2) is 0 Å². The first-order chi connectivity index (χ1) is 14.8. The van der Waals surface area contributed by atoms with Gasteiger partial charge in [-0.25, -0.2) is 0 Å². The average Bonchev–Trinajstić information content (AvgIpc) is 2.77. The van der Waals surface area contributed by atoms with Crippen molar-refractivity contribution in [1.82, 2.24) is 0 Å². The molecule has 0 saturated carbocycles. The summed E-state index contributed by atoms with van der Waals surface area (Å²) in [5, 5.41) is 0.754. The first-order valence-electron chi connectivity index (χ1n) is 10.2. The molecule has 3 heteroatoms. The normalized spacial score (nSPS) is 11.1. The molecule has 0 aliphatic carbocycles. The molecule has 0 saturated heterocycles. The molecule has 4 rings (SSSR count). The van der Waals surface area contributed by atoms with Gasteiger partial charge in [-0.05, 0) is 124 Å². The molecular formula is C28H23Br2Cl. The molecule has 0 aliphatic heterocycles. The van der Waals surface area contributed by atoms with E-state index in [1.807, 2.05) is 24.3 Å². The molecule has 0 spiro atoms. The minimum Gasteiger partial charge on any atom is -0.0837 e. The van der Waals surface area contributed by atoms with Crippen LogP contribution in [0.5, 0.6) is 0 Å². The Hall–Kier alpha value is -1.87. The molecule has 0 heterocycles. The quantitative estimate of drug-likeness (QED) is 0.236. The molecule has 0 fully saturated rings.